The number of nitrogens with two attached hydrogens (primary N) is 1. The van der Waals surface area contributed by atoms with Crippen LogP contribution in [0.2, 0.25) is 0 Å². The number of rotatable bonds is 7. The first-order valence-electron chi connectivity index (χ1n) is 5.90. The molecule has 1 aromatic heterocycles. The highest BCUT2D eigenvalue weighted by molar-refractivity contribution is 7.99. The van der Waals surface area contributed by atoms with Crippen molar-refractivity contribution in [2.45, 2.75) is 13.3 Å². The second-order valence-corrected chi connectivity index (χ2v) is 4.96. The Bertz CT molecular complexity index is 428. The Morgan fingerprint density at radius 3 is 2.94 bits per heavy atom. The molecule has 0 saturated heterocycles. The lowest BCUT2D eigenvalue weighted by Gasteiger charge is -2.05. The van der Waals surface area contributed by atoms with E-state index in [-0.39, 0.29) is 5.91 Å². The van der Waals surface area contributed by atoms with Crippen LogP contribution in [0.15, 0.2) is 12.7 Å². The van der Waals surface area contributed by atoms with Crippen LogP contribution in [-0.2, 0) is 13.5 Å². The maximum absolute atomic E-state index is 12.0. The number of hydrogen-bond donors (Lipinski definition) is 2. The van der Waals surface area contributed by atoms with Crippen molar-refractivity contribution >= 4 is 23.4 Å². The van der Waals surface area contributed by atoms with Crippen LogP contribution in [0.1, 0.15) is 23.1 Å². The largest absolute Gasteiger partial charge is 0.395 e. The van der Waals surface area contributed by atoms with Crippen LogP contribution >= 0.6 is 11.8 Å². The van der Waals surface area contributed by atoms with Crippen LogP contribution in [0.25, 0.3) is 0 Å². The van der Waals surface area contributed by atoms with Gasteiger partial charge in [-0.3, -0.25) is 9.48 Å². The molecule has 18 heavy (non-hydrogen) atoms. The molecule has 100 valence electrons. The molecule has 0 atom stereocenters. The molecule has 1 aromatic rings. The third kappa shape index (κ3) is 3.53. The van der Waals surface area contributed by atoms with Crippen LogP contribution in [0.5, 0.6) is 0 Å². The zero-order valence-electron chi connectivity index (χ0n) is 10.9. The Hall–Kier alpha value is -1.43. The van der Waals surface area contributed by atoms with Gasteiger partial charge in [0.25, 0.3) is 5.91 Å². The fourth-order valence-corrected chi connectivity index (χ4v) is 2.19. The van der Waals surface area contributed by atoms with Gasteiger partial charge in [-0.1, -0.05) is 13.0 Å². The summed E-state index contributed by atoms with van der Waals surface area (Å²) in [5.41, 5.74) is 7.60. The Labute approximate surface area is 112 Å². The van der Waals surface area contributed by atoms with Crippen molar-refractivity contribution in [3.05, 3.63) is 24.0 Å². The minimum atomic E-state index is -0.165. The van der Waals surface area contributed by atoms with E-state index in [1.54, 1.807) is 23.5 Å². The fraction of sp³-hybridized carbons (Fsp3) is 0.500. The minimum Gasteiger partial charge on any atom is -0.395 e. The van der Waals surface area contributed by atoms with E-state index >= 15 is 0 Å². The molecule has 6 heteroatoms. The van der Waals surface area contributed by atoms with E-state index in [9.17, 15) is 4.79 Å². The van der Waals surface area contributed by atoms with Crippen LogP contribution < -0.4 is 11.1 Å². The van der Waals surface area contributed by atoms with Gasteiger partial charge in [-0.15, -0.1) is 6.58 Å². The monoisotopic (exact) mass is 268 g/mol. The fourth-order valence-electron chi connectivity index (χ4n) is 1.61. The van der Waals surface area contributed by atoms with E-state index in [4.69, 9.17) is 5.73 Å². The second-order valence-electron chi connectivity index (χ2n) is 3.81. The van der Waals surface area contributed by atoms with E-state index < -0.39 is 0 Å². The number of amides is 1. The number of nitrogens with zero attached hydrogens (tertiary/aromatic N) is 2. The van der Waals surface area contributed by atoms with Gasteiger partial charge < -0.3 is 11.1 Å². The molecule has 0 aliphatic carbocycles. The molecule has 0 aliphatic rings. The maximum Gasteiger partial charge on any atom is 0.271 e. The van der Waals surface area contributed by atoms with Gasteiger partial charge in [-0.2, -0.15) is 16.9 Å². The highest BCUT2D eigenvalue weighted by Gasteiger charge is 2.18. The molecule has 0 spiro atoms. The number of thioether (sulfide) groups is 1. The molecular formula is C12H20N4OS. The van der Waals surface area contributed by atoms with Crippen molar-refractivity contribution in [1.82, 2.24) is 15.1 Å². The lowest BCUT2D eigenvalue weighted by Crippen LogP contribution is -2.28. The first kappa shape index (κ1) is 14.6. The average molecular weight is 268 g/mol. The van der Waals surface area contributed by atoms with Gasteiger partial charge in [0.15, 0.2) is 0 Å². The summed E-state index contributed by atoms with van der Waals surface area (Å²) in [5.74, 6) is 1.58. The zero-order valence-corrected chi connectivity index (χ0v) is 11.7. The number of anilines is 1. The molecule has 0 aromatic carbocycles. The quantitative estimate of drug-likeness (QED) is 0.576. The van der Waals surface area contributed by atoms with Gasteiger partial charge in [0.05, 0.1) is 11.4 Å². The molecule has 0 aliphatic heterocycles. The number of aryl methyl sites for hydroxylation is 2. The van der Waals surface area contributed by atoms with Crippen molar-refractivity contribution < 1.29 is 4.79 Å². The lowest BCUT2D eigenvalue weighted by atomic mass is 10.2. The normalized spacial score (nSPS) is 10.3. The van der Waals surface area contributed by atoms with Gasteiger partial charge in [-0.05, 0) is 6.42 Å². The summed E-state index contributed by atoms with van der Waals surface area (Å²) in [6.07, 6.45) is 2.57. The van der Waals surface area contributed by atoms with Crippen molar-refractivity contribution in [2.75, 3.05) is 23.8 Å². The summed E-state index contributed by atoms with van der Waals surface area (Å²) < 4.78 is 1.54. The summed E-state index contributed by atoms with van der Waals surface area (Å²) in [7, 11) is 1.73. The van der Waals surface area contributed by atoms with Crippen molar-refractivity contribution in [3.8, 4) is 0 Å². The number of nitrogen functional groups attached to an aromatic ring is 1. The molecule has 3 N–H and O–H groups in total. The molecule has 1 rings (SSSR count). The first-order valence-corrected chi connectivity index (χ1v) is 7.05. The summed E-state index contributed by atoms with van der Waals surface area (Å²) >= 11 is 1.72. The van der Waals surface area contributed by atoms with Gasteiger partial charge in [0.2, 0.25) is 0 Å². The van der Waals surface area contributed by atoms with Crippen molar-refractivity contribution in [3.63, 3.8) is 0 Å². The Morgan fingerprint density at radius 2 is 2.39 bits per heavy atom. The topological polar surface area (TPSA) is 72.9 Å². The molecule has 1 amide bonds. The van der Waals surface area contributed by atoms with Gasteiger partial charge >= 0.3 is 0 Å². The Balaban J connectivity index is 2.56. The summed E-state index contributed by atoms with van der Waals surface area (Å²) in [6.45, 7) is 6.22. The standard InChI is InChI=1S/C12H20N4OS/c1-4-7-18-8-6-14-12(17)11-10(13)9(5-2)15-16(11)3/h4H,1,5-8,13H2,2-3H3,(H,14,17). The van der Waals surface area contributed by atoms with Gasteiger partial charge in [0, 0.05) is 25.1 Å². The minimum absolute atomic E-state index is 0.165. The number of carbonyl (C=O) groups excluding carboxylic acids is 1. The molecular weight excluding hydrogens is 248 g/mol. The Kier molecular flexibility index (Phi) is 5.77. The van der Waals surface area contributed by atoms with E-state index in [0.717, 1.165) is 23.6 Å². The molecule has 0 unspecified atom stereocenters. The molecule has 0 radical (unpaired) electrons. The van der Waals surface area contributed by atoms with Gasteiger partial charge in [-0.25, -0.2) is 0 Å². The van der Waals surface area contributed by atoms with Crippen LogP contribution in [-0.4, -0.2) is 33.7 Å². The van der Waals surface area contributed by atoms with E-state index in [0.29, 0.717) is 17.9 Å². The lowest BCUT2D eigenvalue weighted by molar-refractivity contribution is 0.0947. The van der Waals surface area contributed by atoms with Crippen LogP contribution in [0, 0.1) is 0 Å². The first-order chi connectivity index (χ1) is 8.61. The highest BCUT2D eigenvalue weighted by atomic mass is 32.2. The third-order valence-corrected chi connectivity index (χ3v) is 3.44. The smallest absolute Gasteiger partial charge is 0.271 e. The van der Waals surface area contributed by atoms with Gasteiger partial charge in [0.1, 0.15) is 5.69 Å². The summed E-state index contributed by atoms with van der Waals surface area (Å²) in [4.78, 5) is 12.0. The van der Waals surface area contributed by atoms with Crippen molar-refractivity contribution in [2.24, 2.45) is 7.05 Å². The predicted octanol–water partition coefficient (Wildman–Crippen LogP) is 1.21. The SMILES string of the molecule is C=CCSCCNC(=O)c1c(N)c(CC)nn1C. The molecule has 0 fully saturated rings. The van der Waals surface area contributed by atoms with Crippen LogP contribution in [0.4, 0.5) is 5.69 Å². The second kappa shape index (κ2) is 7.10. The summed E-state index contributed by atoms with van der Waals surface area (Å²) in [5, 5.41) is 7.06. The average Bonchev–Trinajstić information content (AvgIpc) is 2.63. The number of carbonyl (C=O) groups is 1. The third-order valence-electron chi connectivity index (χ3n) is 2.48. The van der Waals surface area contributed by atoms with E-state index in [1.807, 2.05) is 13.0 Å². The Morgan fingerprint density at radius 1 is 1.67 bits per heavy atom. The van der Waals surface area contributed by atoms with E-state index in [2.05, 4.69) is 17.0 Å². The number of aromatic nitrogens is 2. The van der Waals surface area contributed by atoms with E-state index in [1.165, 1.54) is 0 Å². The predicted molar refractivity (Wildman–Crippen MR) is 76.9 cm³/mol. The maximum atomic E-state index is 12.0. The summed E-state index contributed by atoms with van der Waals surface area (Å²) in [6, 6.07) is 0. The molecule has 0 saturated carbocycles. The molecule has 0 bridgehead atoms. The van der Waals surface area contributed by atoms with Crippen LogP contribution in [0.3, 0.4) is 0 Å². The number of hydrogen-bond acceptors (Lipinski definition) is 4. The number of nitrogens with one attached hydrogen (secondary N) is 1. The van der Waals surface area contributed by atoms with Crippen molar-refractivity contribution in [1.29, 1.82) is 0 Å². The molecule has 1 heterocycles. The molecule has 5 nitrogen and oxygen atoms in total. The highest BCUT2D eigenvalue weighted by Crippen LogP contribution is 2.16. The zero-order chi connectivity index (χ0) is 13.5.